The summed E-state index contributed by atoms with van der Waals surface area (Å²) in [5.74, 6) is 0.0484. The molecule has 8 heteroatoms. The molecule has 3 N–H and O–H groups in total. The minimum atomic E-state index is -1.08. The first-order chi connectivity index (χ1) is 20.1. The van der Waals surface area contributed by atoms with Gasteiger partial charge in [0.15, 0.2) is 0 Å². The molecule has 0 aliphatic heterocycles. The Morgan fingerprint density at radius 1 is 0.929 bits per heavy atom. The minimum Gasteiger partial charge on any atom is -0.490 e. The standard InChI is InChI=1S/C34H40N2O5S/c1-21(2)17-31(37)35-25-11-13-26(14-12-25)41-27-18-22(3)33(23(4)19-27)42-28-15-9-24(10-16-28)20-32(38)36-30-8-6-5-7-29(30)34(39)40/h5-10,15-16,18-19,21,25-26H,11-14,17,20H2,1-4H3,(H,35,37)(H,36,38)(H,39,40). The summed E-state index contributed by atoms with van der Waals surface area (Å²) in [4.78, 5) is 38.3. The summed E-state index contributed by atoms with van der Waals surface area (Å²) >= 11 is 1.68. The van der Waals surface area contributed by atoms with Gasteiger partial charge in [-0.15, -0.1) is 0 Å². The first kappa shape index (κ1) is 31.2. The molecule has 0 heterocycles. The van der Waals surface area contributed by atoms with Crippen LogP contribution in [-0.4, -0.2) is 35.0 Å². The lowest BCUT2D eigenvalue weighted by molar-refractivity contribution is -0.122. The van der Waals surface area contributed by atoms with Gasteiger partial charge in [-0.2, -0.15) is 0 Å². The first-order valence-corrected chi connectivity index (χ1v) is 15.3. The third-order valence-corrected chi connectivity index (χ3v) is 8.67. The van der Waals surface area contributed by atoms with Crippen LogP contribution in [0.1, 0.15) is 73.0 Å². The van der Waals surface area contributed by atoms with Crippen LogP contribution in [0.4, 0.5) is 5.69 Å². The number of benzene rings is 3. The summed E-state index contributed by atoms with van der Waals surface area (Å²) in [7, 11) is 0. The number of hydrogen-bond acceptors (Lipinski definition) is 5. The van der Waals surface area contributed by atoms with Gasteiger partial charge in [0.25, 0.3) is 0 Å². The third-order valence-electron chi connectivity index (χ3n) is 7.31. The van der Waals surface area contributed by atoms with Gasteiger partial charge in [-0.25, -0.2) is 4.79 Å². The maximum absolute atomic E-state index is 12.6. The van der Waals surface area contributed by atoms with Crippen molar-refractivity contribution >= 4 is 35.2 Å². The summed E-state index contributed by atoms with van der Waals surface area (Å²) in [6.45, 7) is 8.31. The molecule has 1 fully saturated rings. The molecule has 0 atom stereocenters. The second kappa shape index (κ2) is 14.4. The predicted molar refractivity (Wildman–Crippen MR) is 166 cm³/mol. The van der Waals surface area contributed by atoms with E-state index in [1.807, 2.05) is 24.3 Å². The fourth-order valence-electron chi connectivity index (χ4n) is 5.27. The molecule has 0 spiro atoms. The number of rotatable bonds is 11. The summed E-state index contributed by atoms with van der Waals surface area (Å²) in [6.07, 6.45) is 4.61. The number of carboxylic acid groups (broad SMARTS) is 1. The second-order valence-corrected chi connectivity index (χ2v) is 12.5. The van der Waals surface area contributed by atoms with Gasteiger partial charge in [0.1, 0.15) is 5.75 Å². The Kier molecular flexibility index (Phi) is 10.7. The molecule has 0 aromatic heterocycles. The molecule has 0 saturated heterocycles. The number of carboxylic acids is 1. The molecule has 0 bridgehead atoms. The Hall–Kier alpha value is -3.78. The summed E-state index contributed by atoms with van der Waals surface area (Å²) in [5.41, 5.74) is 3.49. The number of amides is 2. The SMILES string of the molecule is Cc1cc(OC2CCC(NC(=O)CC(C)C)CC2)cc(C)c1Sc1ccc(CC(=O)Nc2ccccc2C(=O)O)cc1. The van der Waals surface area contributed by atoms with E-state index in [1.165, 1.54) is 11.0 Å². The molecule has 2 amide bonds. The van der Waals surface area contributed by atoms with Crippen LogP contribution in [0.3, 0.4) is 0 Å². The number of para-hydroxylation sites is 1. The average molecular weight is 589 g/mol. The molecular weight excluding hydrogens is 548 g/mol. The Bertz CT molecular complexity index is 1390. The first-order valence-electron chi connectivity index (χ1n) is 14.5. The van der Waals surface area contributed by atoms with Gasteiger partial charge in [0.05, 0.1) is 23.8 Å². The van der Waals surface area contributed by atoms with E-state index in [2.05, 4.69) is 50.5 Å². The molecule has 1 saturated carbocycles. The number of ether oxygens (including phenoxy) is 1. The molecular formula is C34H40N2O5S. The molecule has 1 aliphatic carbocycles. The van der Waals surface area contributed by atoms with Gasteiger partial charge in [-0.1, -0.05) is 49.9 Å². The molecule has 42 heavy (non-hydrogen) atoms. The van der Waals surface area contributed by atoms with Crippen molar-refractivity contribution in [1.29, 1.82) is 0 Å². The number of hydrogen-bond donors (Lipinski definition) is 3. The lowest BCUT2D eigenvalue weighted by atomic mass is 9.92. The Labute approximate surface area is 252 Å². The van der Waals surface area contributed by atoms with Crippen molar-refractivity contribution in [3.63, 3.8) is 0 Å². The quantitative estimate of drug-likeness (QED) is 0.219. The summed E-state index contributed by atoms with van der Waals surface area (Å²) < 4.78 is 6.36. The van der Waals surface area contributed by atoms with Gasteiger partial charge in [0, 0.05) is 22.3 Å². The van der Waals surface area contributed by atoms with Crippen LogP contribution in [0.15, 0.2) is 70.5 Å². The Balaban J connectivity index is 1.29. The van der Waals surface area contributed by atoms with Crippen LogP contribution in [0, 0.1) is 19.8 Å². The molecule has 3 aromatic carbocycles. The maximum atomic E-state index is 12.6. The largest absolute Gasteiger partial charge is 0.490 e. The van der Waals surface area contributed by atoms with Crippen molar-refractivity contribution in [2.24, 2.45) is 5.92 Å². The topological polar surface area (TPSA) is 105 Å². The fourth-order valence-corrected chi connectivity index (χ4v) is 6.21. The molecule has 222 valence electrons. The summed E-state index contributed by atoms with van der Waals surface area (Å²) in [6, 6.07) is 18.7. The smallest absolute Gasteiger partial charge is 0.337 e. The van der Waals surface area contributed by atoms with Crippen LogP contribution in [-0.2, 0) is 16.0 Å². The molecule has 0 radical (unpaired) electrons. The fraction of sp³-hybridized carbons (Fsp3) is 0.382. The van der Waals surface area contributed by atoms with E-state index in [0.29, 0.717) is 18.0 Å². The van der Waals surface area contributed by atoms with Gasteiger partial charge < -0.3 is 20.5 Å². The maximum Gasteiger partial charge on any atom is 0.337 e. The number of carbonyl (C=O) groups is 3. The number of aromatic carboxylic acids is 1. The van der Waals surface area contributed by atoms with E-state index in [1.54, 1.807) is 30.0 Å². The normalized spacial score (nSPS) is 16.6. The van der Waals surface area contributed by atoms with Crippen molar-refractivity contribution in [2.45, 2.75) is 88.2 Å². The monoisotopic (exact) mass is 588 g/mol. The van der Waals surface area contributed by atoms with Crippen molar-refractivity contribution in [3.8, 4) is 5.75 Å². The zero-order valence-electron chi connectivity index (χ0n) is 24.7. The lowest BCUT2D eigenvalue weighted by Crippen LogP contribution is -2.40. The van der Waals surface area contributed by atoms with Crippen LogP contribution in [0.25, 0.3) is 0 Å². The lowest BCUT2D eigenvalue weighted by Gasteiger charge is -2.30. The third kappa shape index (κ3) is 8.86. The van der Waals surface area contributed by atoms with Crippen molar-refractivity contribution < 1.29 is 24.2 Å². The van der Waals surface area contributed by atoms with Gasteiger partial charge in [0.2, 0.25) is 11.8 Å². The van der Waals surface area contributed by atoms with Crippen LogP contribution >= 0.6 is 11.8 Å². The Morgan fingerprint density at radius 2 is 1.57 bits per heavy atom. The van der Waals surface area contributed by atoms with Crippen molar-refractivity contribution in [2.75, 3.05) is 5.32 Å². The predicted octanol–water partition coefficient (Wildman–Crippen LogP) is 7.19. The van der Waals surface area contributed by atoms with Gasteiger partial charge in [-0.3, -0.25) is 9.59 Å². The average Bonchev–Trinajstić information content (AvgIpc) is 2.92. The number of aryl methyl sites for hydroxylation is 2. The van der Waals surface area contributed by atoms with Crippen LogP contribution < -0.4 is 15.4 Å². The van der Waals surface area contributed by atoms with E-state index in [0.717, 1.165) is 53.0 Å². The van der Waals surface area contributed by atoms with Gasteiger partial charge in [-0.05, 0) is 98.5 Å². The number of anilines is 1. The number of carbonyl (C=O) groups excluding carboxylic acids is 2. The van der Waals surface area contributed by atoms with Crippen molar-refractivity contribution in [3.05, 3.63) is 82.9 Å². The van der Waals surface area contributed by atoms with Crippen LogP contribution in [0.2, 0.25) is 0 Å². The highest BCUT2D eigenvalue weighted by Crippen LogP contribution is 2.36. The second-order valence-electron chi connectivity index (χ2n) is 11.5. The molecule has 3 aromatic rings. The highest BCUT2D eigenvalue weighted by atomic mass is 32.2. The highest BCUT2D eigenvalue weighted by molar-refractivity contribution is 7.99. The summed E-state index contributed by atoms with van der Waals surface area (Å²) in [5, 5.41) is 15.2. The van der Waals surface area contributed by atoms with E-state index in [9.17, 15) is 19.5 Å². The van der Waals surface area contributed by atoms with Crippen LogP contribution in [0.5, 0.6) is 5.75 Å². The van der Waals surface area contributed by atoms with E-state index in [-0.39, 0.29) is 35.9 Å². The molecule has 0 unspecified atom stereocenters. The minimum absolute atomic E-state index is 0.0645. The zero-order valence-corrected chi connectivity index (χ0v) is 25.6. The zero-order chi connectivity index (χ0) is 30.2. The van der Waals surface area contributed by atoms with E-state index >= 15 is 0 Å². The molecule has 1 aliphatic rings. The Morgan fingerprint density at radius 3 is 2.19 bits per heavy atom. The number of nitrogens with one attached hydrogen (secondary N) is 2. The van der Waals surface area contributed by atoms with E-state index in [4.69, 9.17) is 4.74 Å². The molecule has 7 nitrogen and oxygen atoms in total. The van der Waals surface area contributed by atoms with E-state index < -0.39 is 5.97 Å². The molecule has 4 rings (SSSR count). The van der Waals surface area contributed by atoms with Crippen molar-refractivity contribution in [1.82, 2.24) is 5.32 Å². The van der Waals surface area contributed by atoms with Gasteiger partial charge >= 0.3 is 5.97 Å². The highest BCUT2D eigenvalue weighted by Gasteiger charge is 2.24.